The van der Waals surface area contributed by atoms with Gasteiger partial charge in [0.05, 0.1) is 0 Å². The third kappa shape index (κ3) is 2.18. The predicted octanol–water partition coefficient (Wildman–Crippen LogP) is -0.166. The van der Waals surface area contributed by atoms with Gasteiger partial charge < -0.3 is 11.5 Å². The number of guanidine groups is 1. The molecule has 58 valence electrons. The van der Waals surface area contributed by atoms with Crippen molar-refractivity contribution in [2.45, 2.75) is 19.9 Å². The molecule has 0 aromatic carbocycles. The van der Waals surface area contributed by atoms with E-state index in [2.05, 4.69) is 12.2 Å². The summed E-state index contributed by atoms with van der Waals surface area (Å²) in [6.07, 6.45) is 0. The Morgan fingerprint density at radius 1 is 1.50 bits per heavy atom. The van der Waals surface area contributed by atoms with Crippen LogP contribution in [0.15, 0.2) is 0 Å². The van der Waals surface area contributed by atoms with Crippen LogP contribution < -0.4 is 11.5 Å². The lowest BCUT2D eigenvalue weighted by Crippen LogP contribution is -2.48. The second-order valence-corrected chi connectivity index (χ2v) is 2.61. The summed E-state index contributed by atoms with van der Waals surface area (Å²) >= 11 is 4.65. The van der Waals surface area contributed by atoms with E-state index in [1.807, 2.05) is 13.8 Å². The fourth-order valence-electron chi connectivity index (χ4n) is 0.651. The zero-order chi connectivity index (χ0) is 8.31. The average Bonchev–Trinajstić information content (AvgIpc) is 1.59. The minimum atomic E-state index is -0.109. The number of nitrogens with one attached hydrogen (secondary N) is 1. The second-order valence-electron chi connectivity index (χ2n) is 2.19. The molecule has 5 N–H and O–H groups in total. The van der Waals surface area contributed by atoms with Crippen LogP contribution >= 0.6 is 12.2 Å². The topological polar surface area (TPSA) is 79.1 Å². The van der Waals surface area contributed by atoms with Crippen LogP contribution in [0.3, 0.4) is 0 Å². The molecule has 0 heterocycles. The maximum absolute atomic E-state index is 7.05. The van der Waals surface area contributed by atoms with Crippen molar-refractivity contribution in [3.05, 3.63) is 0 Å². The minimum absolute atomic E-state index is 0.0509. The van der Waals surface area contributed by atoms with Crippen LogP contribution in [0.25, 0.3) is 0 Å². The predicted molar refractivity (Wildman–Crippen MR) is 45.7 cm³/mol. The smallest absolute Gasteiger partial charge is 0.194 e. The largest absolute Gasteiger partial charge is 0.376 e. The first-order valence-corrected chi connectivity index (χ1v) is 3.30. The van der Waals surface area contributed by atoms with Crippen LogP contribution in [-0.4, -0.2) is 22.0 Å². The van der Waals surface area contributed by atoms with Gasteiger partial charge in [0.25, 0.3) is 0 Å². The molecule has 4 nitrogen and oxygen atoms in total. The maximum atomic E-state index is 7.05. The van der Waals surface area contributed by atoms with E-state index in [1.165, 1.54) is 4.90 Å². The summed E-state index contributed by atoms with van der Waals surface area (Å²) in [5.41, 5.74) is 10.5. The van der Waals surface area contributed by atoms with Gasteiger partial charge in [-0.2, -0.15) is 0 Å². The van der Waals surface area contributed by atoms with Crippen LogP contribution in [0.4, 0.5) is 0 Å². The Morgan fingerprint density at radius 2 is 1.90 bits per heavy atom. The van der Waals surface area contributed by atoms with E-state index >= 15 is 0 Å². The van der Waals surface area contributed by atoms with Crippen LogP contribution in [0.5, 0.6) is 0 Å². The van der Waals surface area contributed by atoms with Crippen molar-refractivity contribution in [3.8, 4) is 0 Å². The molecule has 0 aliphatic rings. The second kappa shape index (κ2) is 3.36. The molecule has 0 aromatic heterocycles. The molecule has 0 aliphatic heterocycles. The zero-order valence-electron chi connectivity index (χ0n) is 6.09. The van der Waals surface area contributed by atoms with E-state index in [0.29, 0.717) is 0 Å². The number of hydrogen-bond acceptors (Lipinski definition) is 2. The first-order chi connectivity index (χ1) is 4.46. The molecule has 0 saturated carbocycles. The van der Waals surface area contributed by atoms with Crippen molar-refractivity contribution in [3.63, 3.8) is 0 Å². The lowest BCUT2D eigenvalue weighted by atomic mass is 10.3. The summed E-state index contributed by atoms with van der Waals surface area (Å²) < 4.78 is 0. The summed E-state index contributed by atoms with van der Waals surface area (Å²) in [4.78, 5) is 1.37. The highest BCUT2D eigenvalue weighted by atomic mass is 32.1. The van der Waals surface area contributed by atoms with Crippen molar-refractivity contribution in [2.24, 2.45) is 11.5 Å². The molecule has 5 heteroatoms. The third-order valence-corrected chi connectivity index (χ3v) is 1.21. The zero-order valence-corrected chi connectivity index (χ0v) is 6.90. The van der Waals surface area contributed by atoms with E-state index in [1.54, 1.807) is 0 Å². The Labute approximate surface area is 65.7 Å². The molecule has 0 radical (unpaired) electrons. The van der Waals surface area contributed by atoms with Crippen molar-refractivity contribution in [1.82, 2.24) is 4.90 Å². The minimum Gasteiger partial charge on any atom is -0.376 e. The summed E-state index contributed by atoms with van der Waals surface area (Å²) in [6.45, 7) is 3.72. The molecule has 0 spiro atoms. The molecule has 0 saturated heterocycles. The van der Waals surface area contributed by atoms with Crippen molar-refractivity contribution in [2.75, 3.05) is 0 Å². The average molecular weight is 160 g/mol. The summed E-state index contributed by atoms with van der Waals surface area (Å²) in [5, 5.41) is 7.19. The fourth-order valence-corrected chi connectivity index (χ4v) is 0.961. The van der Waals surface area contributed by atoms with E-state index in [-0.39, 0.29) is 17.1 Å². The Bertz CT molecular complexity index is 140. The number of hydrogen-bond donors (Lipinski definition) is 3. The van der Waals surface area contributed by atoms with Crippen molar-refractivity contribution in [1.29, 1.82) is 5.41 Å². The highest BCUT2D eigenvalue weighted by Gasteiger charge is 2.12. The van der Waals surface area contributed by atoms with Gasteiger partial charge in [-0.05, 0) is 26.1 Å². The molecular formula is C5H12N4S. The third-order valence-electron chi connectivity index (χ3n) is 1.01. The van der Waals surface area contributed by atoms with Gasteiger partial charge >= 0.3 is 0 Å². The molecule has 0 rings (SSSR count). The summed E-state index contributed by atoms with van der Waals surface area (Å²) in [7, 11) is 0. The van der Waals surface area contributed by atoms with Gasteiger partial charge in [0.2, 0.25) is 0 Å². The monoisotopic (exact) mass is 160 g/mol. The van der Waals surface area contributed by atoms with Gasteiger partial charge in [0.1, 0.15) is 0 Å². The van der Waals surface area contributed by atoms with E-state index in [4.69, 9.17) is 16.9 Å². The number of rotatable bonds is 1. The lowest BCUT2D eigenvalue weighted by molar-refractivity contribution is 0.495. The summed E-state index contributed by atoms with van der Waals surface area (Å²) in [6, 6.07) is 0.0509. The molecule has 0 aromatic rings. The molecule has 0 amide bonds. The Kier molecular flexibility index (Phi) is 3.08. The van der Waals surface area contributed by atoms with Crippen molar-refractivity contribution < 1.29 is 0 Å². The van der Waals surface area contributed by atoms with Crippen molar-refractivity contribution >= 4 is 23.3 Å². The first kappa shape index (κ1) is 9.16. The van der Waals surface area contributed by atoms with Crippen LogP contribution in [0.2, 0.25) is 0 Å². The molecule has 0 bridgehead atoms. The van der Waals surface area contributed by atoms with Gasteiger partial charge in [-0.25, -0.2) is 0 Å². The molecule has 0 fully saturated rings. The van der Waals surface area contributed by atoms with Gasteiger partial charge in [0, 0.05) is 6.04 Å². The Balaban J connectivity index is 4.27. The number of thiocarbonyl (C=S) groups is 1. The lowest BCUT2D eigenvalue weighted by Gasteiger charge is -2.24. The van der Waals surface area contributed by atoms with Crippen LogP contribution in [-0.2, 0) is 0 Å². The molecule has 0 unspecified atom stereocenters. The fraction of sp³-hybridized carbons (Fsp3) is 0.600. The van der Waals surface area contributed by atoms with Crippen LogP contribution in [0, 0.1) is 5.41 Å². The molecule has 0 atom stereocenters. The van der Waals surface area contributed by atoms with Gasteiger partial charge in [-0.1, -0.05) is 0 Å². The van der Waals surface area contributed by atoms with E-state index < -0.39 is 0 Å². The Hall–Kier alpha value is -0.840. The Morgan fingerprint density at radius 3 is 1.90 bits per heavy atom. The van der Waals surface area contributed by atoms with Crippen LogP contribution in [0.1, 0.15) is 13.8 Å². The number of nitrogens with two attached hydrogens (primary N) is 2. The first-order valence-electron chi connectivity index (χ1n) is 2.89. The highest BCUT2D eigenvalue weighted by Crippen LogP contribution is 1.95. The molecule has 10 heavy (non-hydrogen) atoms. The normalized spacial score (nSPS) is 9.50. The standard InChI is InChI=1S/C5H12N4S/c1-3(2)9(4(6)7)5(8)10/h3H,1-2H3,(H3,6,7)(H2,8,10). The SMILES string of the molecule is CC(C)N(C(=N)N)C(N)=S. The number of nitrogens with zero attached hydrogens (tertiary/aromatic N) is 1. The van der Waals surface area contributed by atoms with Gasteiger partial charge in [-0.3, -0.25) is 10.3 Å². The molecular weight excluding hydrogens is 148 g/mol. The van der Waals surface area contributed by atoms with E-state index in [0.717, 1.165) is 0 Å². The molecule has 0 aliphatic carbocycles. The summed E-state index contributed by atoms with van der Waals surface area (Å²) in [5.74, 6) is -0.109. The quantitative estimate of drug-likeness (QED) is 0.283. The highest BCUT2D eigenvalue weighted by molar-refractivity contribution is 7.80. The van der Waals surface area contributed by atoms with Gasteiger partial charge in [0.15, 0.2) is 11.1 Å². The van der Waals surface area contributed by atoms with Gasteiger partial charge in [-0.15, -0.1) is 0 Å². The maximum Gasteiger partial charge on any atom is 0.194 e. The van der Waals surface area contributed by atoms with E-state index in [9.17, 15) is 0 Å².